The van der Waals surface area contributed by atoms with Gasteiger partial charge in [0.05, 0.1) is 18.3 Å². The average Bonchev–Trinajstić information content (AvgIpc) is 3.09. The molecule has 3 N–H and O–H groups in total. The van der Waals surface area contributed by atoms with E-state index in [0.717, 1.165) is 36.2 Å². The Balaban J connectivity index is 1.57. The van der Waals surface area contributed by atoms with Crippen LogP contribution in [0.25, 0.3) is 28.0 Å². The van der Waals surface area contributed by atoms with Crippen LogP contribution in [0, 0.1) is 18.6 Å². The van der Waals surface area contributed by atoms with E-state index in [4.69, 9.17) is 0 Å². The Labute approximate surface area is 281 Å². The number of nitrogens with one attached hydrogen (secondary N) is 2. The van der Waals surface area contributed by atoms with Gasteiger partial charge in [0.2, 0.25) is 5.95 Å². The second-order valence-corrected chi connectivity index (χ2v) is 11.2. The number of benzene rings is 3. The number of anilines is 1. The molecule has 1 amide bonds. The number of hydrogen-bond donors (Lipinski definition) is 3. The molecule has 0 aliphatic heterocycles. The number of aromatic nitrogens is 3. The van der Waals surface area contributed by atoms with Crippen molar-refractivity contribution in [3.05, 3.63) is 118 Å². The minimum atomic E-state index is -5.29. The van der Waals surface area contributed by atoms with E-state index in [0.29, 0.717) is 28.7 Å². The number of carbonyl (C=O) groups excluding carboxylic acids is 2. The van der Waals surface area contributed by atoms with Gasteiger partial charge in [-0.15, -0.1) is 0 Å². The third kappa shape index (κ3) is 8.11. The first-order valence-electron chi connectivity index (χ1n) is 15.3. The van der Waals surface area contributed by atoms with Gasteiger partial charge in [-0.1, -0.05) is 42.5 Å². The normalized spacial score (nSPS) is 12.1. The molecule has 0 saturated heterocycles. The zero-order valence-corrected chi connectivity index (χ0v) is 26.4. The van der Waals surface area contributed by atoms with Crippen molar-refractivity contribution >= 4 is 28.9 Å². The summed E-state index contributed by atoms with van der Waals surface area (Å²) >= 11 is 0. The fraction of sp³-hybridized carbons (Fsp3) is 0.229. The molecule has 260 valence electrons. The number of esters is 1. The molecule has 50 heavy (non-hydrogen) atoms. The molecule has 15 heteroatoms. The van der Waals surface area contributed by atoms with Gasteiger partial charge in [-0.25, -0.2) is 18.6 Å². The number of aliphatic hydroxyl groups is 1. The molecule has 10 nitrogen and oxygen atoms in total. The number of para-hydroxylation sites is 1. The van der Waals surface area contributed by atoms with Crippen molar-refractivity contribution < 1.29 is 41.4 Å². The lowest BCUT2D eigenvalue weighted by Crippen LogP contribution is -2.35. The quantitative estimate of drug-likeness (QED) is 0.0913. The average molecular weight is 696 g/mol. The first-order chi connectivity index (χ1) is 23.9. The molecule has 3 aromatic carbocycles. The third-order valence-corrected chi connectivity index (χ3v) is 7.64. The zero-order valence-electron chi connectivity index (χ0n) is 26.4. The van der Waals surface area contributed by atoms with Crippen molar-refractivity contribution in [2.45, 2.75) is 32.0 Å². The van der Waals surface area contributed by atoms with E-state index >= 15 is 8.78 Å². The molecule has 0 spiro atoms. The Morgan fingerprint density at radius 1 is 0.960 bits per heavy atom. The maximum Gasteiger partial charge on any atom is 0.490 e. The zero-order chi connectivity index (χ0) is 36.0. The number of carbonyl (C=O) groups is 2. The van der Waals surface area contributed by atoms with E-state index in [-0.39, 0.29) is 22.3 Å². The maximum absolute atomic E-state index is 15.1. The molecule has 1 unspecified atom stereocenters. The van der Waals surface area contributed by atoms with Gasteiger partial charge in [0.15, 0.2) is 5.65 Å². The summed E-state index contributed by atoms with van der Waals surface area (Å²) in [6.45, 7) is 0.263. The molecule has 0 radical (unpaired) electrons. The van der Waals surface area contributed by atoms with Crippen molar-refractivity contribution in [1.82, 2.24) is 19.9 Å². The first-order valence-corrected chi connectivity index (χ1v) is 15.3. The summed E-state index contributed by atoms with van der Waals surface area (Å²) < 4.78 is 73.3. The Bertz CT molecular complexity index is 2070. The smallest absolute Gasteiger partial charge is 0.457 e. The largest absolute Gasteiger partial charge is 0.490 e. The number of amides is 1. The van der Waals surface area contributed by atoms with Crippen LogP contribution in [-0.2, 0) is 16.0 Å². The molecular weight excluding hydrogens is 665 g/mol. The van der Waals surface area contributed by atoms with Gasteiger partial charge in [0, 0.05) is 29.1 Å². The van der Waals surface area contributed by atoms with Crippen molar-refractivity contribution in [3.8, 4) is 16.9 Å². The second kappa shape index (κ2) is 15.2. The Hall–Kier alpha value is -5.70. The Kier molecular flexibility index (Phi) is 10.9. The summed E-state index contributed by atoms with van der Waals surface area (Å²) in [5, 5.41) is 15.4. The van der Waals surface area contributed by atoms with Crippen molar-refractivity contribution in [1.29, 1.82) is 0 Å². The van der Waals surface area contributed by atoms with E-state index in [2.05, 4.69) is 25.3 Å². The van der Waals surface area contributed by atoms with Crippen LogP contribution >= 0.6 is 0 Å². The highest BCUT2D eigenvalue weighted by atomic mass is 19.4. The van der Waals surface area contributed by atoms with Crippen LogP contribution in [0.4, 0.5) is 27.9 Å². The minimum absolute atomic E-state index is 0.0724. The monoisotopic (exact) mass is 695 g/mol. The molecule has 5 aromatic rings. The maximum atomic E-state index is 15.1. The fourth-order valence-electron chi connectivity index (χ4n) is 5.14. The van der Waals surface area contributed by atoms with Gasteiger partial charge >= 0.3 is 12.1 Å². The molecule has 2 aromatic heterocycles. The predicted molar refractivity (Wildman–Crippen MR) is 174 cm³/mol. The highest BCUT2D eigenvalue weighted by molar-refractivity contribution is 5.98. The van der Waals surface area contributed by atoms with Crippen LogP contribution in [0.3, 0.4) is 0 Å². The number of halogens is 5. The van der Waals surface area contributed by atoms with Gasteiger partial charge in [-0.2, -0.15) is 18.2 Å². The summed E-state index contributed by atoms with van der Waals surface area (Å²) in [7, 11) is 0. The van der Waals surface area contributed by atoms with Crippen LogP contribution in [-0.4, -0.2) is 63.5 Å². The predicted octanol–water partition coefficient (Wildman–Crippen LogP) is 5.28. The van der Waals surface area contributed by atoms with Crippen LogP contribution in [0.15, 0.2) is 83.7 Å². The molecule has 0 aliphatic rings. The minimum Gasteiger partial charge on any atom is -0.457 e. The Morgan fingerprint density at radius 3 is 2.36 bits per heavy atom. The molecule has 2 heterocycles. The number of hydrogen-bond acceptors (Lipinski definition) is 8. The van der Waals surface area contributed by atoms with Gasteiger partial charge in [0.25, 0.3) is 11.5 Å². The summed E-state index contributed by atoms with van der Waals surface area (Å²) in [4.78, 5) is 46.4. The van der Waals surface area contributed by atoms with Crippen LogP contribution in [0.1, 0.15) is 27.9 Å². The molecule has 5 rings (SSSR count). The molecule has 0 bridgehead atoms. The SMILES string of the molecule is Cc1ccc(C(=O)NCCCc2ccccc2)cc1-c1nc(NC(CO)COC(=O)C(F)(F)F)nc2c1ccc(=O)n2-c1c(F)cccc1F. The number of fused-ring (bicyclic) bond motifs is 1. The molecule has 0 saturated carbocycles. The summed E-state index contributed by atoms with van der Waals surface area (Å²) in [6, 6.07) is 18.5. The lowest BCUT2D eigenvalue weighted by Gasteiger charge is -2.20. The summed E-state index contributed by atoms with van der Waals surface area (Å²) in [6.07, 6.45) is -3.87. The fourth-order valence-corrected chi connectivity index (χ4v) is 5.14. The van der Waals surface area contributed by atoms with Gasteiger partial charge < -0.3 is 20.5 Å². The second-order valence-electron chi connectivity index (χ2n) is 11.2. The van der Waals surface area contributed by atoms with E-state index < -0.39 is 66.1 Å². The highest BCUT2D eigenvalue weighted by Gasteiger charge is 2.41. The van der Waals surface area contributed by atoms with Crippen LogP contribution in [0.2, 0.25) is 0 Å². The number of aryl methyl sites for hydroxylation is 2. The summed E-state index contributed by atoms with van der Waals surface area (Å²) in [5.74, 6) is -5.48. The van der Waals surface area contributed by atoms with Gasteiger partial charge in [-0.05, 0) is 61.2 Å². The topological polar surface area (TPSA) is 135 Å². The van der Waals surface area contributed by atoms with E-state index in [1.165, 1.54) is 12.1 Å². The van der Waals surface area contributed by atoms with Crippen molar-refractivity contribution in [2.75, 3.05) is 25.1 Å². The summed E-state index contributed by atoms with van der Waals surface area (Å²) in [5.41, 5.74) is 0.427. The third-order valence-electron chi connectivity index (χ3n) is 7.64. The highest BCUT2D eigenvalue weighted by Crippen LogP contribution is 2.32. The van der Waals surface area contributed by atoms with Crippen molar-refractivity contribution in [3.63, 3.8) is 0 Å². The first kappa shape index (κ1) is 35.6. The van der Waals surface area contributed by atoms with Crippen LogP contribution in [0.5, 0.6) is 0 Å². The number of nitrogens with zero attached hydrogens (tertiary/aromatic N) is 3. The number of alkyl halides is 3. The number of aliphatic hydroxyl groups excluding tert-OH is 1. The molecule has 0 fully saturated rings. The Morgan fingerprint density at radius 2 is 1.68 bits per heavy atom. The van der Waals surface area contributed by atoms with E-state index in [9.17, 15) is 32.7 Å². The van der Waals surface area contributed by atoms with Gasteiger partial charge in [-0.3, -0.25) is 14.2 Å². The van der Waals surface area contributed by atoms with Crippen LogP contribution < -0.4 is 16.2 Å². The molecular formula is C35H30F5N5O5. The van der Waals surface area contributed by atoms with E-state index in [1.54, 1.807) is 19.1 Å². The lowest BCUT2D eigenvalue weighted by molar-refractivity contribution is -0.200. The van der Waals surface area contributed by atoms with E-state index in [1.807, 2.05) is 30.3 Å². The number of rotatable bonds is 12. The molecule has 1 atom stereocenters. The standard InChI is InChI=1S/C35H30F5N5O5/c1-20-12-13-22(32(48)41-16-6-9-21-7-3-2-4-8-21)17-25(20)29-24-14-15-28(47)45(30-26(36)10-5-11-27(30)37)31(24)44-34(43-29)42-23(18-46)19-50-33(49)35(38,39)40/h2-5,7-8,10-15,17,23,46H,6,9,16,18-19H2,1H3,(H,41,48)(H,42,43,44). The number of pyridine rings is 1. The molecule has 0 aliphatic carbocycles. The van der Waals surface area contributed by atoms with Crippen molar-refractivity contribution in [2.24, 2.45) is 0 Å². The lowest BCUT2D eigenvalue weighted by atomic mass is 9.99. The van der Waals surface area contributed by atoms with Gasteiger partial charge in [0.1, 0.15) is 23.9 Å². The number of ether oxygens (including phenoxy) is 1.